The van der Waals surface area contributed by atoms with Crippen molar-refractivity contribution in [2.45, 2.75) is 36.2 Å². The number of hydrogen-bond acceptors (Lipinski definition) is 5. The van der Waals surface area contributed by atoms with Gasteiger partial charge in [0, 0.05) is 6.54 Å². The van der Waals surface area contributed by atoms with Crippen LogP contribution in [0.1, 0.15) is 19.8 Å². The smallest absolute Gasteiger partial charge is 0.234 e. The van der Waals surface area contributed by atoms with Crippen LogP contribution in [0.2, 0.25) is 0 Å². The van der Waals surface area contributed by atoms with Gasteiger partial charge < -0.3 is 10.3 Å². The second-order valence-electron chi connectivity index (χ2n) is 4.49. The zero-order valence-electron chi connectivity index (χ0n) is 10.5. The molecular formula is C12H14N4OS2. The zero-order valence-corrected chi connectivity index (χ0v) is 12.1. The third-order valence-electron chi connectivity index (χ3n) is 3.21. The molecule has 2 N–H and O–H groups in total. The van der Waals surface area contributed by atoms with E-state index in [0.29, 0.717) is 0 Å². The number of thioether (sulfide) groups is 1. The molecule has 100 valence electrons. The van der Waals surface area contributed by atoms with Gasteiger partial charge in [0.15, 0.2) is 11.0 Å². The Labute approximate surface area is 119 Å². The van der Waals surface area contributed by atoms with E-state index in [9.17, 15) is 4.79 Å². The van der Waals surface area contributed by atoms with Crippen LogP contribution in [-0.4, -0.2) is 25.4 Å². The molecule has 2 aromatic heterocycles. The largest absolute Gasteiger partial charge is 0.368 e. The number of thiophene rings is 1. The van der Waals surface area contributed by atoms with Crippen LogP contribution in [0.4, 0.5) is 0 Å². The fourth-order valence-electron chi connectivity index (χ4n) is 1.92. The first-order chi connectivity index (χ1) is 9.16. The lowest BCUT2D eigenvalue weighted by atomic mass is 10.4. The van der Waals surface area contributed by atoms with Crippen LogP contribution in [0.3, 0.4) is 0 Å². The van der Waals surface area contributed by atoms with Crippen LogP contribution in [0.25, 0.3) is 10.7 Å². The van der Waals surface area contributed by atoms with E-state index in [-0.39, 0.29) is 5.91 Å². The summed E-state index contributed by atoms with van der Waals surface area (Å²) in [6.07, 6.45) is 1.66. The van der Waals surface area contributed by atoms with Crippen molar-refractivity contribution >= 4 is 29.0 Å². The van der Waals surface area contributed by atoms with Crippen molar-refractivity contribution in [3.05, 3.63) is 17.5 Å². The minimum absolute atomic E-state index is 0.249. The number of primary amides is 1. The van der Waals surface area contributed by atoms with Crippen LogP contribution < -0.4 is 5.73 Å². The first-order valence-electron chi connectivity index (χ1n) is 6.12. The molecule has 1 amide bonds. The van der Waals surface area contributed by atoms with Crippen molar-refractivity contribution in [1.29, 1.82) is 0 Å². The predicted octanol–water partition coefficient (Wildman–Crippen LogP) is 2.14. The highest BCUT2D eigenvalue weighted by atomic mass is 32.2. The quantitative estimate of drug-likeness (QED) is 0.917. The summed E-state index contributed by atoms with van der Waals surface area (Å²) in [7, 11) is 0. The standard InChI is InChI=1S/C12H14N4OS2/c1-2-16-9(8-4-3-7-18-8)14-15-11(16)19-12(5-6-12)10(13)17/h3-4,7H,2,5-6H2,1H3,(H2,13,17). The van der Waals surface area contributed by atoms with Crippen molar-refractivity contribution in [2.24, 2.45) is 5.73 Å². The van der Waals surface area contributed by atoms with Gasteiger partial charge in [0.05, 0.1) is 4.88 Å². The van der Waals surface area contributed by atoms with Gasteiger partial charge in [0.1, 0.15) is 4.75 Å². The topological polar surface area (TPSA) is 73.8 Å². The number of nitrogens with zero attached hydrogens (tertiary/aromatic N) is 3. The average molecular weight is 294 g/mol. The van der Waals surface area contributed by atoms with Crippen LogP contribution in [-0.2, 0) is 11.3 Å². The first-order valence-corrected chi connectivity index (χ1v) is 7.82. The Kier molecular flexibility index (Phi) is 3.10. The van der Waals surface area contributed by atoms with Crippen LogP contribution >= 0.6 is 23.1 Å². The zero-order chi connectivity index (χ0) is 13.5. The molecule has 2 heterocycles. The van der Waals surface area contributed by atoms with Gasteiger partial charge >= 0.3 is 0 Å². The molecule has 5 nitrogen and oxygen atoms in total. The minimum atomic E-state index is -0.452. The lowest BCUT2D eigenvalue weighted by Crippen LogP contribution is -2.27. The lowest BCUT2D eigenvalue weighted by molar-refractivity contribution is -0.118. The maximum Gasteiger partial charge on any atom is 0.234 e. The molecule has 0 aromatic carbocycles. The highest BCUT2D eigenvalue weighted by Crippen LogP contribution is 2.51. The molecule has 0 spiro atoms. The summed E-state index contributed by atoms with van der Waals surface area (Å²) in [5.74, 6) is 0.612. The molecule has 3 rings (SSSR count). The van der Waals surface area contributed by atoms with Gasteiger partial charge in [-0.1, -0.05) is 17.8 Å². The van der Waals surface area contributed by atoms with Gasteiger partial charge in [0.25, 0.3) is 0 Å². The van der Waals surface area contributed by atoms with Gasteiger partial charge in [-0.2, -0.15) is 0 Å². The number of amides is 1. The highest BCUT2D eigenvalue weighted by Gasteiger charge is 2.50. The fourth-order valence-corrected chi connectivity index (χ4v) is 3.81. The summed E-state index contributed by atoms with van der Waals surface area (Å²) < 4.78 is 1.59. The molecule has 0 bridgehead atoms. The number of carbonyl (C=O) groups is 1. The third kappa shape index (κ3) is 2.17. The molecule has 0 atom stereocenters. The number of rotatable bonds is 5. The number of nitrogens with two attached hydrogens (primary N) is 1. The molecule has 1 aliphatic rings. The van der Waals surface area contributed by atoms with Crippen molar-refractivity contribution in [3.8, 4) is 10.7 Å². The average Bonchev–Trinajstić information content (AvgIpc) is 2.84. The Morgan fingerprint density at radius 2 is 2.37 bits per heavy atom. The molecule has 7 heteroatoms. The lowest BCUT2D eigenvalue weighted by Gasteiger charge is -2.11. The Hall–Kier alpha value is -1.34. The van der Waals surface area contributed by atoms with Crippen molar-refractivity contribution < 1.29 is 4.79 Å². The van der Waals surface area contributed by atoms with Crippen molar-refractivity contribution in [3.63, 3.8) is 0 Å². The van der Waals surface area contributed by atoms with E-state index in [1.807, 2.05) is 29.0 Å². The van der Waals surface area contributed by atoms with Gasteiger partial charge in [-0.05, 0) is 31.2 Å². The SMILES string of the molecule is CCn1c(SC2(C(N)=O)CC2)nnc1-c1cccs1. The maximum absolute atomic E-state index is 11.5. The second kappa shape index (κ2) is 4.64. The fraction of sp³-hybridized carbons (Fsp3) is 0.417. The van der Waals surface area contributed by atoms with Gasteiger partial charge in [0.2, 0.25) is 5.91 Å². The van der Waals surface area contributed by atoms with E-state index in [0.717, 1.165) is 35.2 Å². The molecule has 1 fully saturated rings. The Morgan fingerprint density at radius 1 is 1.58 bits per heavy atom. The van der Waals surface area contributed by atoms with Gasteiger partial charge in [-0.15, -0.1) is 21.5 Å². The van der Waals surface area contributed by atoms with Crippen molar-refractivity contribution in [2.75, 3.05) is 0 Å². The highest BCUT2D eigenvalue weighted by molar-refractivity contribution is 8.01. The first kappa shape index (κ1) is 12.7. The molecule has 0 unspecified atom stereocenters. The second-order valence-corrected chi connectivity index (χ2v) is 6.79. The van der Waals surface area contributed by atoms with Gasteiger partial charge in [-0.25, -0.2) is 0 Å². The van der Waals surface area contributed by atoms with E-state index >= 15 is 0 Å². The summed E-state index contributed by atoms with van der Waals surface area (Å²) in [4.78, 5) is 12.6. The van der Waals surface area contributed by atoms with Gasteiger partial charge in [-0.3, -0.25) is 4.79 Å². The number of aromatic nitrogens is 3. The Morgan fingerprint density at radius 3 is 2.89 bits per heavy atom. The monoisotopic (exact) mass is 294 g/mol. The molecule has 0 aliphatic heterocycles. The minimum Gasteiger partial charge on any atom is -0.368 e. The summed E-state index contributed by atoms with van der Waals surface area (Å²) in [5, 5.41) is 11.3. The summed E-state index contributed by atoms with van der Waals surface area (Å²) in [5.41, 5.74) is 5.46. The van der Waals surface area contributed by atoms with E-state index in [1.54, 1.807) is 11.3 Å². The molecular weight excluding hydrogens is 280 g/mol. The molecule has 0 radical (unpaired) electrons. The van der Waals surface area contributed by atoms with Crippen LogP contribution in [0.5, 0.6) is 0 Å². The van der Waals surface area contributed by atoms with Crippen LogP contribution in [0, 0.1) is 0 Å². The Balaban J connectivity index is 1.93. The Bertz CT molecular complexity index is 601. The van der Waals surface area contributed by atoms with Crippen LogP contribution in [0.15, 0.2) is 22.7 Å². The molecule has 0 saturated heterocycles. The maximum atomic E-state index is 11.5. The summed E-state index contributed by atoms with van der Waals surface area (Å²) >= 11 is 3.09. The molecule has 1 aliphatic carbocycles. The molecule has 1 saturated carbocycles. The predicted molar refractivity (Wildman–Crippen MR) is 76.0 cm³/mol. The number of carbonyl (C=O) groups excluding carboxylic acids is 1. The van der Waals surface area contributed by atoms with E-state index in [1.165, 1.54) is 11.8 Å². The molecule has 2 aromatic rings. The molecule has 19 heavy (non-hydrogen) atoms. The van der Waals surface area contributed by atoms with E-state index in [4.69, 9.17) is 5.73 Å². The summed E-state index contributed by atoms with van der Waals surface area (Å²) in [6.45, 7) is 2.83. The van der Waals surface area contributed by atoms with Crippen molar-refractivity contribution in [1.82, 2.24) is 14.8 Å². The normalized spacial score (nSPS) is 16.5. The number of hydrogen-bond donors (Lipinski definition) is 1. The summed E-state index contributed by atoms with van der Waals surface area (Å²) in [6, 6.07) is 4.02. The van der Waals surface area contributed by atoms with E-state index in [2.05, 4.69) is 10.2 Å². The van der Waals surface area contributed by atoms with E-state index < -0.39 is 4.75 Å². The third-order valence-corrected chi connectivity index (χ3v) is 5.57.